The van der Waals surface area contributed by atoms with Crippen molar-refractivity contribution < 1.29 is 13.2 Å². The molecule has 0 atom stereocenters. The van der Waals surface area contributed by atoms with Gasteiger partial charge < -0.3 is 9.72 Å². The number of imidazole rings is 1. The van der Waals surface area contributed by atoms with Crippen molar-refractivity contribution >= 4 is 49.9 Å². The monoisotopic (exact) mass is 554 g/mol. The summed E-state index contributed by atoms with van der Waals surface area (Å²) in [5.41, 5.74) is 4.59. The number of rotatable bonds is 6. The average molecular weight is 555 g/mol. The Morgan fingerprint density at radius 2 is 1.76 bits per heavy atom. The van der Waals surface area contributed by atoms with Crippen molar-refractivity contribution in [3.05, 3.63) is 87.7 Å². The summed E-state index contributed by atoms with van der Waals surface area (Å²) in [7, 11) is -3.28. The van der Waals surface area contributed by atoms with Gasteiger partial charge in [0, 0.05) is 18.5 Å². The molecule has 0 spiro atoms. The van der Waals surface area contributed by atoms with Crippen molar-refractivity contribution in [1.29, 1.82) is 0 Å². The molecule has 190 valence electrons. The fraction of sp³-hybridized carbons (Fsp3) is 0.259. The van der Waals surface area contributed by atoms with Crippen LogP contribution >= 0.6 is 23.2 Å². The number of halogens is 2. The molecule has 10 heteroatoms. The first kappa shape index (κ1) is 25.6. The van der Waals surface area contributed by atoms with Crippen molar-refractivity contribution in [2.24, 2.45) is 0 Å². The Kier molecular flexibility index (Phi) is 6.90. The lowest BCUT2D eigenvalue weighted by molar-refractivity contribution is 0.142. The molecule has 3 aromatic carbocycles. The van der Waals surface area contributed by atoms with Crippen LogP contribution in [0.4, 0.5) is 5.69 Å². The van der Waals surface area contributed by atoms with Crippen LogP contribution in [0.15, 0.2) is 60.7 Å². The van der Waals surface area contributed by atoms with Crippen molar-refractivity contribution in [2.75, 3.05) is 26.0 Å². The zero-order valence-corrected chi connectivity index (χ0v) is 22.4. The Balaban J connectivity index is 1.43. The van der Waals surface area contributed by atoms with Gasteiger partial charge in [0.2, 0.25) is 10.0 Å². The summed E-state index contributed by atoms with van der Waals surface area (Å²) in [6, 6.07) is 19.5. The summed E-state index contributed by atoms with van der Waals surface area (Å²) >= 11 is 12.3. The molecular weight excluding hydrogens is 531 g/mol. The maximum absolute atomic E-state index is 12.2. The minimum absolute atomic E-state index is 0.318. The number of H-pyrrole nitrogens is 1. The van der Waals surface area contributed by atoms with Crippen LogP contribution in [-0.2, 0) is 15.4 Å². The first-order chi connectivity index (χ1) is 17.7. The first-order valence-electron chi connectivity index (χ1n) is 11.7. The van der Waals surface area contributed by atoms with Crippen LogP contribution in [0.2, 0.25) is 10.0 Å². The minimum Gasteiger partial charge on any atom is -0.464 e. The smallest absolute Gasteiger partial charge is 0.294 e. The van der Waals surface area contributed by atoms with E-state index in [0.29, 0.717) is 59.8 Å². The number of hydrogen-bond acceptors (Lipinski definition) is 4. The Hall–Kier alpha value is -3.09. The maximum atomic E-state index is 12.2. The maximum Gasteiger partial charge on any atom is 0.294 e. The molecule has 0 saturated carbocycles. The van der Waals surface area contributed by atoms with E-state index in [1.165, 1.54) is 10.6 Å². The molecule has 0 aliphatic carbocycles. The summed E-state index contributed by atoms with van der Waals surface area (Å²) in [4.78, 5) is 11.2. The lowest BCUT2D eigenvalue weighted by Gasteiger charge is -2.41. The minimum atomic E-state index is -3.28. The molecule has 0 amide bonds. The van der Waals surface area contributed by atoms with E-state index in [4.69, 9.17) is 34.5 Å². The highest BCUT2D eigenvalue weighted by molar-refractivity contribution is 7.88. The number of nitrogens with one attached hydrogen (secondary N) is 1. The second kappa shape index (κ2) is 9.99. The van der Waals surface area contributed by atoms with E-state index in [1.807, 2.05) is 30.3 Å². The van der Waals surface area contributed by atoms with Gasteiger partial charge in [0.15, 0.2) is 5.69 Å². The standard InChI is InChI=1S/C27H24Cl2N4O3S/c1-30-21-5-3-4-19(14-21)18-6-8-20(9-7-18)27(10-12-33(13-11-27)37(2,34)35)17-36-26-31-24-15-22(28)23(29)16-25(24)32-26/h3-9,14-16H,10-13,17H2,2H3,(H,31,32). The van der Waals surface area contributed by atoms with E-state index in [1.54, 1.807) is 18.2 Å². The van der Waals surface area contributed by atoms with Crippen LogP contribution in [-0.4, -0.2) is 48.6 Å². The third kappa shape index (κ3) is 5.32. The van der Waals surface area contributed by atoms with Gasteiger partial charge in [-0.15, -0.1) is 0 Å². The number of sulfonamides is 1. The third-order valence-electron chi connectivity index (χ3n) is 6.94. The van der Waals surface area contributed by atoms with Crippen molar-refractivity contribution in [1.82, 2.24) is 14.3 Å². The zero-order valence-electron chi connectivity index (χ0n) is 20.0. The molecular formula is C27H24Cl2N4O3S. The highest BCUT2D eigenvalue weighted by atomic mass is 35.5. The second-order valence-corrected chi connectivity index (χ2v) is 12.1. The summed E-state index contributed by atoms with van der Waals surface area (Å²) in [6.07, 6.45) is 2.45. The molecule has 1 N–H and O–H groups in total. The number of piperidine rings is 1. The summed E-state index contributed by atoms with van der Waals surface area (Å²) in [6.45, 7) is 8.40. The number of nitrogens with zero attached hydrogens (tertiary/aromatic N) is 3. The van der Waals surface area contributed by atoms with Crippen molar-refractivity contribution in [3.8, 4) is 17.1 Å². The molecule has 7 nitrogen and oxygen atoms in total. The number of fused-ring (bicyclic) bond motifs is 1. The van der Waals surface area contributed by atoms with E-state index < -0.39 is 15.4 Å². The molecule has 2 heterocycles. The Bertz CT molecular complexity index is 1560. The van der Waals surface area contributed by atoms with E-state index in [-0.39, 0.29) is 0 Å². The molecule has 1 fully saturated rings. The van der Waals surface area contributed by atoms with Crippen LogP contribution in [0.1, 0.15) is 18.4 Å². The topological polar surface area (TPSA) is 79.7 Å². The van der Waals surface area contributed by atoms with Crippen molar-refractivity contribution in [2.45, 2.75) is 18.3 Å². The normalized spacial score (nSPS) is 15.9. The SMILES string of the molecule is [C-]#[N+]c1cccc(-c2ccc(C3(COc4nc5cc(Cl)c(Cl)cc5[nH]4)CCN(S(C)(=O)=O)CC3)cc2)c1. The molecule has 4 aromatic rings. The molecule has 0 radical (unpaired) electrons. The van der Waals surface area contributed by atoms with E-state index in [9.17, 15) is 8.42 Å². The second-order valence-electron chi connectivity index (χ2n) is 9.30. The fourth-order valence-electron chi connectivity index (χ4n) is 4.79. The first-order valence-corrected chi connectivity index (χ1v) is 14.3. The lowest BCUT2D eigenvalue weighted by atomic mass is 9.73. The van der Waals surface area contributed by atoms with Gasteiger partial charge in [0.25, 0.3) is 6.01 Å². The molecule has 1 aliphatic heterocycles. The number of hydrogen-bond donors (Lipinski definition) is 1. The summed E-state index contributed by atoms with van der Waals surface area (Å²) in [5.74, 6) is 0. The molecule has 0 unspecified atom stereocenters. The van der Waals surface area contributed by atoms with E-state index in [0.717, 1.165) is 22.2 Å². The Morgan fingerprint density at radius 1 is 1.05 bits per heavy atom. The highest BCUT2D eigenvalue weighted by Crippen LogP contribution is 2.38. The fourth-order valence-corrected chi connectivity index (χ4v) is 5.96. The van der Waals surface area contributed by atoms with E-state index in [2.05, 4.69) is 26.9 Å². The zero-order chi connectivity index (χ0) is 26.2. The quantitative estimate of drug-likeness (QED) is 0.277. The van der Waals surface area contributed by atoms with Crippen LogP contribution in [0.25, 0.3) is 27.0 Å². The molecule has 1 saturated heterocycles. The van der Waals surface area contributed by atoms with Gasteiger partial charge in [-0.05, 0) is 47.7 Å². The van der Waals surface area contributed by atoms with Gasteiger partial charge in [-0.3, -0.25) is 0 Å². The third-order valence-corrected chi connectivity index (χ3v) is 8.97. The van der Waals surface area contributed by atoms with Gasteiger partial charge in [0.1, 0.15) is 6.61 Å². The number of aromatic nitrogens is 2. The predicted molar refractivity (Wildman–Crippen MR) is 147 cm³/mol. The van der Waals surface area contributed by atoms with Gasteiger partial charge in [-0.2, -0.15) is 4.98 Å². The predicted octanol–water partition coefficient (Wildman–Crippen LogP) is 6.46. The van der Waals surface area contributed by atoms with E-state index >= 15 is 0 Å². The molecule has 37 heavy (non-hydrogen) atoms. The largest absolute Gasteiger partial charge is 0.464 e. The van der Waals surface area contributed by atoms with Gasteiger partial charge >= 0.3 is 0 Å². The number of aromatic amines is 1. The van der Waals surface area contributed by atoms with Crippen LogP contribution in [0.5, 0.6) is 6.01 Å². The molecule has 0 bridgehead atoms. The summed E-state index contributed by atoms with van der Waals surface area (Å²) in [5, 5.41) is 0.842. The van der Waals surface area contributed by atoms with Crippen LogP contribution < -0.4 is 4.74 Å². The van der Waals surface area contributed by atoms with Crippen molar-refractivity contribution in [3.63, 3.8) is 0 Å². The van der Waals surface area contributed by atoms with Gasteiger partial charge in [-0.1, -0.05) is 65.7 Å². The average Bonchev–Trinajstić information content (AvgIpc) is 3.29. The van der Waals surface area contributed by atoms with Gasteiger partial charge in [0.05, 0.1) is 33.9 Å². The lowest BCUT2D eigenvalue weighted by Crippen LogP contribution is -2.47. The van der Waals surface area contributed by atoms with Crippen LogP contribution in [0.3, 0.4) is 0 Å². The Morgan fingerprint density at radius 3 is 2.43 bits per heavy atom. The Labute approximate surface area is 225 Å². The van der Waals surface area contributed by atoms with Crippen LogP contribution in [0, 0.1) is 6.57 Å². The molecule has 1 aliphatic rings. The highest BCUT2D eigenvalue weighted by Gasteiger charge is 2.39. The number of ether oxygens (including phenoxy) is 1. The molecule has 1 aromatic heterocycles. The number of benzene rings is 3. The molecule has 5 rings (SSSR count). The van der Waals surface area contributed by atoms with Gasteiger partial charge in [-0.25, -0.2) is 17.6 Å². The summed E-state index contributed by atoms with van der Waals surface area (Å²) < 4.78 is 32.0.